The molecule has 1 aliphatic rings. The molecule has 0 bridgehead atoms. The number of carbonyl (C=O) groups is 3. The first-order chi connectivity index (χ1) is 9.83. The maximum Gasteiger partial charge on any atom is 0.471 e. The number of carboxylic acids is 1. The molecule has 1 saturated heterocycles. The average molecular weight is 326 g/mol. The summed E-state index contributed by atoms with van der Waals surface area (Å²) in [4.78, 5) is 35.5. The van der Waals surface area contributed by atoms with E-state index in [1.165, 1.54) is 0 Å². The van der Waals surface area contributed by atoms with E-state index >= 15 is 0 Å². The van der Waals surface area contributed by atoms with Crippen LogP contribution in [0.15, 0.2) is 0 Å². The van der Waals surface area contributed by atoms with Crippen LogP contribution in [0.2, 0.25) is 0 Å². The highest BCUT2D eigenvalue weighted by Gasteiger charge is 2.47. The van der Waals surface area contributed by atoms with Gasteiger partial charge in [0.1, 0.15) is 11.6 Å². The quantitative estimate of drug-likeness (QED) is 0.779. The Morgan fingerprint density at radius 1 is 1.14 bits per heavy atom. The summed E-state index contributed by atoms with van der Waals surface area (Å²) >= 11 is 0. The van der Waals surface area contributed by atoms with Crippen molar-refractivity contribution in [1.29, 1.82) is 0 Å². The largest absolute Gasteiger partial charge is 0.480 e. The Bertz CT molecular complexity index is 472. The van der Waals surface area contributed by atoms with Gasteiger partial charge in [0.2, 0.25) is 0 Å². The number of hydrogen-bond acceptors (Lipinski definition) is 4. The first kappa shape index (κ1) is 18.1. The van der Waals surface area contributed by atoms with Gasteiger partial charge in [-0.3, -0.25) is 9.69 Å². The summed E-state index contributed by atoms with van der Waals surface area (Å²) in [6, 6.07) is -1.59. The van der Waals surface area contributed by atoms with Crippen LogP contribution in [0.1, 0.15) is 20.8 Å². The lowest BCUT2D eigenvalue weighted by Gasteiger charge is -2.39. The summed E-state index contributed by atoms with van der Waals surface area (Å²) in [5.41, 5.74) is -0.876. The standard InChI is InChI=1S/C12H17F3N2O5/c1-11(2,3)22-10(21)17-5-4-16(6-7(17)8(18)19)9(20)12(13,14)15/h7H,4-6H2,1-3H3,(H,18,19)/t7-/m0/s1. The first-order valence-corrected chi connectivity index (χ1v) is 6.41. The highest BCUT2D eigenvalue weighted by atomic mass is 19.4. The van der Waals surface area contributed by atoms with Crippen LogP contribution >= 0.6 is 0 Å². The number of carboxylic acid groups (broad SMARTS) is 1. The minimum Gasteiger partial charge on any atom is -0.480 e. The minimum atomic E-state index is -5.09. The molecule has 0 aromatic heterocycles. The van der Waals surface area contributed by atoms with E-state index in [-0.39, 0.29) is 6.54 Å². The number of ether oxygens (including phenoxy) is 1. The third kappa shape index (κ3) is 4.50. The average Bonchev–Trinajstić information content (AvgIpc) is 2.33. The molecule has 22 heavy (non-hydrogen) atoms. The van der Waals surface area contributed by atoms with Crippen LogP contribution in [0.25, 0.3) is 0 Å². The van der Waals surface area contributed by atoms with E-state index in [9.17, 15) is 27.6 Å². The highest BCUT2D eigenvalue weighted by molar-refractivity contribution is 5.85. The maximum atomic E-state index is 12.4. The number of rotatable bonds is 1. The fraction of sp³-hybridized carbons (Fsp3) is 0.750. The number of carbonyl (C=O) groups excluding carboxylic acids is 2. The molecule has 126 valence electrons. The van der Waals surface area contributed by atoms with Crippen LogP contribution in [-0.4, -0.2) is 70.3 Å². The van der Waals surface area contributed by atoms with E-state index in [2.05, 4.69) is 0 Å². The third-order valence-electron chi connectivity index (χ3n) is 2.82. The lowest BCUT2D eigenvalue weighted by Crippen LogP contribution is -2.61. The zero-order valence-corrected chi connectivity index (χ0v) is 12.3. The highest BCUT2D eigenvalue weighted by Crippen LogP contribution is 2.22. The summed E-state index contributed by atoms with van der Waals surface area (Å²) in [6.45, 7) is 3.21. The van der Waals surface area contributed by atoms with Gasteiger partial charge in [-0.05, 0) is 20.8 Å². The Balaban J connectivity index is 2.87. The van der Waals surface area contributed by atoms with Crippen LogP contribution in [0.3, 0.4) is 0 Å². The van der Waals surface area contributed by atoms with Crippen molar-refractivity contribution in [2.75, 3.05) is 19.6 Å². The lowest BCUT2D eigenvalue weighted by atomic mass is 10.1. The summed E-state index contributed by atoms with van der Waals surface area (Å²) in [7, 11) is 0. The van der Waals surface area contributed by atoms with Crippen LogP contribution in [0, 0.1) is 0 Å². The fourth-order valence-electron chi connectivity index (χ4n) is 1.90. The predicted molar refractivity (Wildman–Crippen MR) is 67.0 cm³/mol. The number of aliphatic carboxylic acids is 1. The molecule has 1 aliphatic heterocycles. The van der Waals surface area contributed by atoms with E-state index in [1.807, 2.05) is 0 Å². The number of halogens is 3. The molecule has 10 heteroatoms. The van der Waals surface area contributed by atoms with E-state index < -0.39 is 48.9 Å². The summed E-state index contributed by atoms with van der Waals surface area (Å²) in [6.07, 6.45) is -6.03. The van der Waals surface area contributed by atoms with Crippen LogP contribution in [-0.2, 0) is 14.3 Å². The molecule has 0 radical (unpaired) electrons. The van der Waals surface area contributed by atoms with Gasteiger partial charge in [-0.1, -0.05) is 0 Å². The van der Waals surface area contributed by atoms with Crippen molar-refractivity contribution in [2.45, 2.75) is 38.6 Å². The van der Waals surface area contributed by atoms with Crippen molar-refractivity contribution >= 4 is 18.0 Å². The zero-order valence-electron chi connectivity index (χ0n) is 12.3. The number of hydrogen-bond donors (Lipinski definition) is 1. The molecule has 0 spiro atoms. The first-order valence-electron chi connectivity index (χ1n) is 6.41. The molecule has 0 aromatic carbocycles. The molecule has 0 saturated carbocycles. The van der Waals surface area contributed by atoms with Crippen molar-refractivity contribution in [1.82, 2.24) is 9.80 Å². The minimum absolute atomic E-state index is 0.353. The Morgan fingerprint density at radius 2 is 1.68 bits per heavy atom. The number of piperazine rings is 1. The van der Waals surface area contributed by atoms with Crippen molar-refractivity contribution in [2.24, 2.45) is 0 Å². The molecule has 0 aliphatic carbocycles. The zero-order chi connectivity index (χ0) is 17.3. The second-order valence-corrected chi connectivity index (χ2v) is 5.78. The molecule has 1 atom stereocenters. The Hall–Kier alpha value is -2.00. The summed E-state index contributed by atoms with van der Waals surface area (Å²) in [5, 5.41) is 9.09. The van der Waals surface area contributed by atoms with Gasteiger partial charge in [0.15, 0.2) is 0 Å². The molecule has 0 aromatic rings. The lowest BCUT2D eigenvalue weighted by molar-refractivity contribution is -0.188. The predicted octanol–water partition coefficient (Wildman–Crippen LogP) is 1.08. The normalized spacial score (nSPS) is 19.8. The van der Waals surface area contributed by atoms with Crippen molar-refractivity contribution < 1.29 is 37.4 Å². The topological polar surface area (TPSA) is 87.2 Å². The smallest absolute Gasteiger partial charge is 0.471 e. The maximum absolute atomic E-state index is 12.4. The molecule has 0 unspecified atom stereocenters. The van der Waals surface area contributed by atoms with Crippen molar-refractivity contribution in [3.05, 3.63) is 0 Å². The molecule has 1 fully saturated rings. The second-order valence-electron chi connectivity index (χ2n) is 5.78. The van der Waals surface area contributed by atoms with E-state index in [0.717, 1.165) is 4.90 Å². The molecule has 1 heterocycles. The van der Waals surface area contributed by atoms with Gasteiger partial charge in [0.05, 0.1) is 6.54 Å². The molecule has 7 nitrogen and oxygen atoms in total. The van der Waals surface area contributed by atoms with E-state index in [4.69, 9.17) is 9.84 Å². The Kier molecular flexibility index (Phi) is 4.93. The summed E-state index contributed by atoms with van der Waals surface area (Å²) < 4.78 is 42.2. The van der Waals surface area contributed by atoms with Crippen LogP contribution in [0.5, 0.6) is 0 Å². The molecular formula is C12H17F3N2O5. The van der Waals surface area contributed by atoms with Gasteiger partial charge < -0.3 is 14.7 Å². The number of nitrogens with zero attached hydrogens (tertiary/aromatic N) is 2. The van der Waals surface area contributed by atoms with E-state index in [1.54, 1.807) is 20.8 Å². The fourth-order valence-corrected chi connectivity index (χ4v) is 1.90. The Labute approximate surface area is 124 Å². The van der Waals surface area contributed by atoms with Gasteiger partial charge in [0.25, 0.3) is 0 Å². The van der Waals surface area contributed by atoms with Gasteiger partial charge in [-0.15, -0.1) is 0 Å². The van der Waals surface area contributed by atoms with Gasteiger partial charge in [-0.2, -0.15) is 13.2 Å². The number of amides is 2. The van der Waals surface area contributed by atoms with Crippen molar-refractivity contribution in [3.8, 4) is 0 Å². The van der Waals surface area contributed by atoms with Gasteiger partial charge in [0, 0.05) is 13.1 Å². The third-order valence-corrected chi connectivity index (χ3v) is 2.82. The Morgan fingerprint density at radius 3 is 2.09 bits per heavy atom. The summed E-state index contributed by atoms with van der Waals surface area (Å²) in [5.74, 6) is -3.63. The van der Waals surface area contributed by atoms with Gasteiger partial charge >= 0.3 is 24.1 Å². The van der Waals surface area contributed by atoms with Crippen molar-refractivity contribution in [3.63, 3.8) is 0 Å². The number of alkyl halides is 3. The molecule has 1 N–H and O–H groups in total. The molecular weight excluding hydrogens is 309 g/mol. The van der Waals surface area contributed by atoms with Gasteiger partial charge in [-0.25, -0.2) is 9.59 Å². The SMILES string of the molecule is CC(C)(C)OC(=O)N1CCN(C(=O)C(F)(F)F)C[C@H]1C(=O)O. The van der Waals surface area contributed by atoms with Crippen LogP contribution in [0.4, 0.5) is 18.0 Å². The second kappa shape index (κ2) is 6.01. The molecule has 1 rings (SSSR count). The van der Waals surface area contributed by atoms with Crippen LogP contribution < -0.4 is 0 Å². The monoisotopic (exact) mass is 326 g/mol. The molecule has 2 amide bonds. The van der Waals surface area contributed by atoms with E-state index in [0.29, 0.717) is 4.90 Å².